The van der Waals surface area contributed by atoms with Gasteiger partial charge in [-0.3, -0.25) is 4.79 Å². The lowest BCUT2D eigenvalue weighted by Gasteiger charge is -2.26. The van der Waals surface area contributed by atoms with Crippen LogP contribution in [0.5, 0.6) is 5.75 Å². The molecule has 114 valence electrons. The predicted molar refractivity (Wildman–Crippen MR) is 79.3 cm³/mol. The second kappa shape index (κ2) is 7.94. The van der Waals surface area contributed by atoms with Gasteiger partial charge in [0.25, 0.3) is 0 Å². The number of methoxy groups -OCH3 is 1. The first-order chi connectivity index (χ1) is 9.99. The highest BCUT2D eigenvalue weighted by Crippen LogP contribution is 2.19. The van der Waals surface area contributed by atoms with Gasteiger partial charge in [0.05, 0.1) is 13.7 Å². The van der Waals surface area contributed by atoms with Crippen molar-refractivity contribution in [2.75, 3.05) is 27.2 Å². The zero-order valence-corrected chi connectivity index (χ0v) is 12.3. The molecule has 1 aromatic rings. The summed E-state index contributed by atoms with van der Waals surface area (Å²) in [5, 5.41) is 8.85. The summed E-state index contributed by atoms with van der Waals surface area (Å²) in [7, 11) is 3.18. The Bertz CT molecular complexity index is 516. The summed E-state index contributed by atoms with van der Waals surface area (Å²) in [6.45, 7) is 3.69. The van der Waals surface area contributed by atoms with Gasteiger partial charge in [-0.2, -0.15) is 0 Å². The third-order valence-corrected chi connectivity index (χ3v) is 2.87. The summed E-state index contributed by atoms with van der Waals surface area (Å²) in [4.78, 5) is 25.7. The SMILES string of the molecule is C=CCN(CC(=O)O)C(=O)N(C)Cc1ccccc1OC. The number of urea groups is 1. The first-order valence-corrected chi connectivity index (χ1v) is 6.44. The minimum atomic E-state index is -1.06. The van der Waals surface area contributed by atoms with Crippen LogP contribution in [0.2, 0.25) is 0 Å². The molecule has 6 heteroatoms. The highest BCUT2D eigenvalue weighted by Gasteiger charge is 2.20. The smallest absolute Gasteiger partial charge is 0.323 e. The minimum Gasteiger partial charge on any atom is -0.496 e. The molecule has 0 radical (unpaired) electrons. The first-order valence-electron chi connectivity index (χ1n) is 6.44. The van der Waals surface area contributed by atoms with Gasteiger partial charge >= 0.3 is 12.0 Å². The van der Waals surface area contributed by atoms with Crippen LogP contribution in [-0.4, -0.2) is 54.2 Å². The summed E-state index contributed by atoms with van der Waals surface area (Å²) < 4.78 is 5.24. The summed E-state index contributed by atoms with van der Waals surface area (Å²) >= 11 is 0. The van der Waals surface area contributed by atoms with Gasteiger partial charge in [-0.25, -0.2) is 4.79 Å². The number of para-hydroxylation sites is 1. The van der Waals surface area contributed by atoms with E-state index in [0.29, 0.717) is 12.3 Å². The summed E-state index contributed by atoms with van der Waals surface area (Å²) in [6.07, 6.45) is 1.50. The molecule has 0 aromatic heterocycles. The number of carboxylic acid groups (broad SMARTS) is 1. The van der Waals surface area contributed by atoms with Crippen LogP contribution in [0.4, 0.5) is 4.79 Å². The van der Waals surface area contributed by atoms with Crippen molar-refractivity contribution in [2.45, 2.75) is 6.54 Å². The van der Waals surface area contributed by atoms with Gasteiger partial charge in [0.2, 0.25) is 0 Å². The third kappa shape index (κ3) is 4.83. The van der Waals surface area contributed by atoms with E-state index < -0.39 is 5.97 Å². The lowest BCUT2D eigenvalue weighted by molar-refractivity contribution is -0.137. The summed E-state index contributed by atoms with van der Waals surface area (Å²) in [5.41, 5.74) is 0.852. The number of amides is 2. The summed E-state index contributed by atoms with van der Waals surface area (Å²) in [5.74, 6) is -0.374. The number of hydrogen-bond donors (Lipinski definition) is 1. The highest BCUT2D eigenvalue weighted by atomic mass is 16.5. The fraction of sp³-hybridized carbons (Fsp3) is 0.333. The van der Waals surface area contributed by atoms with E-state index in [1.54, 1.807) is 14.2 Å². The van der Waals surface area contributed by atoms with E-state index in [4.69, 9.17) is 9.84 Å². The van der Waals surface area contributed by atoms with E-state index in [9.17, 15) is 9.59 Å². The first kappa shape index (κ1) is 16.6. The molecule has 0 saturated heterocycles. The van der Waals surface area contributed by atoms with Crippen LogP contribution in [0.3, 0.4) is 0 Å². The molecule has 0 aliphatic carbocycles. The lowest BCUT2D eigenvalue weighted by atomic mass is 10.2. The molecule has 0 saturated carbocycles. The Morgan fingerprint density at radius 1 is 1.38 bits per heavy atom. The molecule has 0 heterocycles. The van der Waals surface area contributed by atoms with Crippen LogP contribution in [-0.2, 0) is 11.3 Å². The molecular weight excluding hydrogens is 272 g/mol. The van der Waals surface area contributed by atoms with Crippen molar-refractivity contribution in [3.8, 4) is 5.75 Å². The van der Waals surface area contributed by atoms with Crippen LogP contribution in [0.15, 0.2) is 36.9 Å². The van der Waals surface area contributed by atoms with E-state index >= 15 is 0 Å². The Hall–Kier alpha value is -2.50. The van der Waals surface area contributed by atoms with Gasteiger partial charge in [-0.05, 0) is 6.07 Å². The fourth-order valence-electron chi connectivity index (χ4n) is 1.93. The van der Waals surface area contributed by atoms with E-state index in [0.717, 1.165) is 5.56 Å². The molecule has 1 aromatic carbocycles. The zero-order chi connectivity index (χ0) is 15.8. The van der Waals surface area contributed by atoms with Crippen molar-refractivity contribution in [1.82, 2.24) is 9.80 Å². The maximum absolute atomic E-state index is 12.3. The van der Waals surface area contributed by atoms with Crippen molar-refractivity contribution in [3.05, 3.63) is 42.5 Å². The van der Waals surface area contributed by atoms with Crippen molar-refractivity contribution >= 4 is 12.0 Å². The van der Waals surface area contributed by atoms with Crippen molar-refractivity contribution in [1.29, 1.82) is 0 Å². The maximum atomic E-state index is 12.3. The molecule has 0 atom stereocenters. The van der Waals surface area contributed by atoms with Crippen LogP contribution in [0, 0.1) is 0 Å². The van der Waals surface area contributed by atoms with Gasteiger partial charge in [0, 0.05) is 19.2 Å². The molecule has 0 aliphatic heterocycles. The topological polar surface area (TPSA) is 70.1 Å². The summed E-state index contributed by atoms with van der Waals surface area (Å²) in [6, 6.07) is 7.00. The van der Waals surface area contributed by atoms with Crippen LogP contribution >= 0.6 is 0 Å². The largest absolute Gasteiger partial charge is 0.496 e. The minimum absolute atomic E-state index is 0.182. The van der Waals surface area contributed by atoms with Gasteiger partial charge in [0.1, 0.15) is 12.3 Å². The third-order valence-electron chi connectivity index (χ3n) is 2.87. The lowest BCUT2D eigenvalue weighted by Crippen LogP contribution is -2.43. The Morgan fingerprint density at radius 2 is 2.05 bits per heavy atom. The molecule has 0 fully saturated rings. The maximum Gasteiger partial charge on any atom is 0.323 e. The fourth-order valence-corrected chi connectivity index (χ4v) is 1.93. The normalized spacial score (nSPS) is 9.81. The number of carbonyl (C=O) groups excluding carboxylic acids is 1. The van der Waals surface area contributed by atoms with E-state index in [1.807, 2.05) is 24.3 Å². The predicted octanol–water partition coefficient (Wildman–Crippen LogP) is 1.82. The second-order valence-electron chi connectivity index (χ2n) is 4.51. The average molecular weight is 292 g/mol. The molecule has 1 N–H and O–H groups in total. The van der Waals surface area contributed by atoms with Gasteiger partial charge in [-0.1, -0.05) is 24.3 Å². The van der Waals surface area contributed by atoms with Crippen molar-refractivity contribution < 1.29 is 19.4 Å². The molecule has 0 aliphatic rings. The Balaban J connectivity index is 2.80. The van der Waals surface area contributed by atoms with E-state index in [1.165, 1.54) is 15.9 Å². The molecule has 2 amide bonds. The number of ether oxygens (including phenoxy) is 1. The van der Waals surface area contributed by atoms with Crippen LogP contribution in [0.1, 0.15) is 5.56 Å². The van der Waals surface area contributed by atoms with Crippen molar-refractivity contribution in [2.24, 2.45) is 0 Å². The molecule has 0 unspecified atom stereocenters. The van der Waals surface area contributed by atoms with Gasteiger partial charge in [0.15, 0.2) is 0 Å². The van der Waals surface area contributed by atoms with Gasteiger partial charge in [-0.15, -0.1) is 6.58 Å². The number of carboxylic acids is 1. The highest BCUT2D eigenvalue weighted by molar-refractivity contribution is 5.80. The molecule has 6 nitrogen and oxygen atoms in total. The number of nitrogens with zero attached hydrogens (tertiary/aromatic N) is 2. The quantitative estimate of drug-likeness (QED) is 0.778. The average Bonchev–Trinajstić information content (AvgIpc) is 2.46. The van der Waals surface area contributed by atoms with Gasteiger partial charge < -0.3 is 19.6 Å². The monoisotopic (exact) mass is 292 g/mol. The Labute approximate surface area is 124 Å². The van der Waals surface area contributed by atoms with Crippen molar-refractivity contribution in [3.63, 3.8) is 0 Å². The Morgan fingerprint density at radius 3 is 2.62 bits per heavy atom. The number of hydrogen-bond acceptors (Lipinski definition) is 3. The number of benzene rings is 1. The van der Waals surface area contributed by atoms with Crippen LogP contribution in [0.25, 0.3) is 0 Å². The zero-order valence-electron chi connectivity index (χ0n) is 12.3. The molecule has 1 rings (SSSR count). The van der Waals surface area contributed by atoms with Crippen LogP contribution < -0.4 is 4.74 Å². The molecule has 0 spiro atoms. The number of carbonyl (C=O) groups is 2. The van der Waals surface area contributed by atoms with E-state index in [2.05, 4.69) is 6.58 Å². The molecular formula is C15H20N2O4. The number of rotatable bonds is 7. The second-order valence-corrected chi connectivity index (χ2v) is 4.51. The Kier molecular flexibility index (Phi) is 6.26. The molecule has 21 heavy (non-hydrogen) atoms. The number of aliphatic carboxylic acids is 1. The van der Waals surface area contributed by atoms with E-state index in [-0.39, 0.29) is 19.1 Å². The standard InChI is InChI=1S/C15H20N2O4/c1-4-9-17(11-14(18)19)15(20)16(2)10-12-7-5-6-8-13(12)21-3/h4-8H,1,9-11H2,2-3H3,(H,18,19). The molecule has 0 bridgehead atoms.